The first-order valence-corrected chi connectivity index (χ1v) is 20.3. The highest BCUT2D eigenvalue weighted by Crippen LogP contribution is 2.47. The summed E-state index contributed by atoms with van der Waals surface area (Å²) in [4.78, 5) is 18.3. The normalized spacial score (nSPS) is 22.8. The number of amides is 1. The Labute approximate surface area is 322 Å². The van der Waals surface area contributed by atoms with Crippen molar-refractivity contribution >= 4 is 21.6 Å². The molecule has 4 atom stereocenters. The molecule has 5 aromatic carbocycles. The SMILES string of the molecule is O=C1NCN(c2ccccc2)C12CCN(C[C@H]1OC(c3ccc(CNS(=O)(=O)c4ccccc4)cc3)O[C@@H](c3ccc(CO)cc3)[C@@H]1c1ccccc1)CC2. The third-order valence-corrected chi connectivity index (χ3v) is 12.7. The molecule has 3 fully saturated rings. The largest absolute Gasteiger partial charge is 0.392 e. The topological polar surface area (TPSA) is 120 Å². The van der Waals surface area contributed by atoms with Gasteiger partial charge < -0.3 is 29.7 Å². The van der Waals surface area contributed by atoms with E-state index in [9.17, 15) is 18.3 Å². The number of nitrogens with zero attached hydrogens (tertiary/aromatic N) is 2. The third kappa shape index (κ3) is 7.82. The highest BCUT2D eigenvalue weighted by Gasteiger charge is 2.51. The fraction of sp³-hybridized carbons (Fsp3) is 0.295. The Balaban J connectivity index is 1.06. The van der Waals surface area contributed by atoms with Gasteiger partial charge in [0.1, 0.15) is 5.54 Å². The Morgan fingerprint density at radius 2 is 1.33 bits per heavy atom. The second-order valence-corrected chi connectivity index (χ2v) is 16.3. The summed E-state index contributed by atoms with van der Waals surface area (Å²) in [7, 11) is -3.66. The van der Waals surface area contributed by atoms with Gasteiger partial charge in [0.25, 0.3) is 0 Å². The van der Waals surface area contributed by atoms with Crippen molar-refractivity contribution in [3.63, 3.8) is 0 Å². The second kappa shape index (κ2) is 16.1. The van der Waals surface area contributed by atoms with E-state index in [4.69, 9.17) is 9.47 Å². The molecule has 0 radical (unpaired) electrons. The number of sulfonamides is 1. The fourth-order valence-electron chi connectivity index (χ4n) is 8.21. The molecule has 3 aliphatic rings. The van der Waals surface area contributed by atoms with Crippen LogP contribution in [0.25, 0.3) is 0 Å². The monoisotopic (exact) mass is 758 g/mol. The molecule has 3 aliphatic heterocycles. The number of aliphatic hydroxyl groups excluding tert-OH is 1. The summed E-state index contributed by atoms with van der Waals surface area (Å²) >= 11 is 0. The molecule has 3 saturated heterocycles. The lowest BCUT2D eigenvalue weighted by Crippen LogP contribution is -2.57. The fourth-order valence-corrected chi connectivity index (χ4v) is 9.25. The molecule has 10 nitrogen and oxygen atoms in total. The van der Waals surface area contributed by atoms with E-state index in [0.29, 0.717) is 26.1 Å². The van der Waals surface area contributed by atoms with Crippen molar-refractivity contribution in [1.82, 2.24) is 14.9 Å². The first-order chi connectivity index (χ1) is 26.8. The number of rotatable bonds is 11. The number of likely N-dealkylation sites (tertiary alicyclic amines) is 1. The average Bonchev–Trinajstić information content (AvgIpc) is 3.56. The van der Waals surface area contributed by atoms with Crippen molar-refractivity contribution in [2.75, 3.05) is 31.2 Å². The number of benzene rings is 5. The third-order valence-electron chi connectivity index (χ3n) is 11.3. The summed E-state index contributed by atoms with van der Waals surface area (Å²) in [5.41, 5.74) is 4.98. The Bertz CT molecular complexity index is 2150. The van der Waals surface area contributed by atoms with Crippen molar-refractivity contribution in [2.24, 2.45) is 0 Å². The molecule has 1 unspecified atom stereocenters. The molecule has 8 rings (SSSR count). The molecule has 0 aliphatic carbocycles. The lowest BCUT2D eigenvalue weighted by molar-refractivity contribution is -0.264. The summed E-state index contributed by atoms with van der Waals surface area (Å²) in [6.07, 6.45) is 0.0303. The van der Waals surface area contributed by atoms with Gasteiger partial charge in [-0.05, 0) is 59.4 Å². The Morgan fingerprint density at radius 1 is 0.727 bits per heavy atom. The van der Waals surface area contributed by atoms with Crippen LogP contribution in [0, 0.1) is 0 Å². The van der Waals surface area contributed by atoms with Crippen LogP contribution in [0.2, 0.25) is 0 Å². The Hall–Kier alpha value is -4.88. The zero-order valence-corrected chi connectivity index (χ0v) is 31.4. The molecule has 0 bridgehead atoms. The molecule has 1 amide bonds. The Kier molecular flexibility index (Phi) is 10.8. The van der Waals surface area contributed by atoms with Crippen LogP contribution in [-0.2, 0) is 37.4 Å². The second-order valence-electron chi connectivity index (χ2n) is 14.5. The zero-order valence-electron chi connectivity index (χ0n) is 30.5. The van der Waals surface area contributed by atoms with E-state index in [1.165, 1.54) is 0 Å². The van der Waals surface area contributed by atoms with Gasteiger partial charge in [-0.3, -0.25) is 4.79 Å². The Morgan fingerprint density at radius 3 is 1.98 bits per heavy atom. The molecular formula is C44H46N4O6S. The van der Waals surface area contributed by atoms with Crippen LogP contribution in [-0.4, -0.2) is 62.3 Å². The van der Waals surface area contributed by atoms with E-state index in [1.54, 1.807) is 30.3 Å². The van der Waals surface area contributed by atoms with E-state index in [2.05, 4.69) is 44.1 Å². The maximum atomic E-state index is 13.4. The lowest BCUT2D eigenvalue weighted by atomic mass is 9.82. The van der Waals surface area contributed by atoms with Crippen LogP contribution in [0.3, 0.4) is 0 Å². The maximum absolute atomic E-state index is 13.4. The summed E-state index contributed by atoms with van der Waals surface area (Å²) in [6.45, 7) is 2.68. The smallest absolute Gasteiger partial charge is 0.247 e. The number of para-hydroxylation sites is 1. The van der Waals surface area contributed by atoms with Gasteiger partial charge in [-0.25, -0.2) is 13.1 Å². The van der Waals surface area contributed by atoms with Crippen LogP contribution >= 0.6 is 0 Å². The van der Waals surface area contributed by atoms with Crippen molar-refractivity contribution in [1.29, 1.82) is 0 Å². The first-order valence-electron chi connectivity index (χ1n) is 18.9. The van der Waals surface area contributed by atoms with Crippen molar-refractivity contribution in [2.45, 2.75) is 60.8 Å². The molecular weight excluding hydrogens is 713 g/mol. The van der Waals surface area contributed by atoms with Crippen LogP contribution in [0.4, 0.5) is 5.69 Å². The molecule has 11 heteroatoms. The number of carbonyl (C=O) groups excluding carboxylic acids is 1. The highest BCUT2D eigenvalue weighted by atomic mass is 32.2. The van der Waals surface area contributed by atoms with E-state index >= 15 is 0 Å². The zero-order chi connectivity index (χ0) is 37.8. The number of hydrogen-bond donors (Lipinski definition) is 3. The molecule has 3 N–H and O–H groups in total. The minimum Gasteiger partial charge on any atom is -0.392 e. The maximum Gasteiger partial charge on any atom is 0.247 e. The predicted molar refractivity (Wildman–Crippen MR) is 210 cm³/mol. The minimum absolute atomic E-state index is 0.0493. The quantitative estimate of drug-likeness (QED) is 0.150. The molecule has 55 heavy (non-hydrogen) atoms. The van der Waals surface area contributed by atoms with Crippen LogP contribution in [0.5, 0.6) is 0 Å². The van der Waals surface area contributed by atoms with Gasteiger partial charge in [0.2, 0.25) is 15.9 Å². The van der Waals surface area contributed by atoms with Crippen molar-refractivity contribution < 1.29 is 27.8 Å². The number of hydrogen-bond acceptors (Lipinski definition) is 8. The van der Waals surface area contributed by atoms with Gasteiger partial charge in [0.05, 0.1) is 30.4 Å². The summed E-state index contributed by atoms with van der Waals surface area (Å²) in [5, 5.41) is 12.9. The molecule has 3 heterocycles. The van der Waals surface area contributed by atoms with Crippen LogP contribution < -0.4 is 14.9 Å². The number of aliphatic hydroxyl groups is 1. The standard InChI is InChI=1S/C44H46N4O6S/c49-30-33-18-20-35(21-19-33)41-40(34-10-4-1-5-11-34)39(29-47-26-24-44(25-27-47)43(50)45-31-48(44)37-12-6-2-7-13-37)53-42(54-41)36-22-16-32(17-23-36)28-46-55(51,52)38-14-8-3-9-15-38/h1-23,39-42,46,49H,24-31H2,(H,45,50)/t39-,40-,41+,42?/m1/s1. The number of anilines is 1. The lowest BCUT2D eigenvalue weighted by Gasteiger charge is -2.47. The molecule has 0 saturated carbocycles. The molecule has 1 spiro atoms. The van der Waals surface area contributed by atoms with Gasteiger partial charge in [0, 0.05) is 43.3 Å². The van der Waals surface area contributed by atoms with E-state index in [-0.39, 0.29) is 42.1 Å². The number of carbonyl (C=O) groups is 1. The summed E-state index contributed by atoms with van der Waals surface area (Å²) < 4.78 is 42.3. The first kappa shape index (κ1) is 37.1. The summed E-state index contributed by atoms with van der Waals surface area (Å²) in [6, 6.07) is 44.4. The van der Waals surface area contributed by atoms with Crippen LogP contribution in [0.15, 0.2) is 144 Å². The van der Waals surface area contributed by atoms with Crippen molar-refractivity contribution in [3.05, 3.63) is 167 Å². The van der Waals surface area contributed by atoms with Crippen LogP contribution in [0.1, 0.15) is 59.0 Å². The van der Waals surface area contributed by atoms with E-state index < -0.39 is 21.9 Å². The van der Waals surface area contributed by atoms with Gasteiger partial charge in [-0.15, -0.1) is 0 Å². The van der Waals surface area contributed by atoms with E-state index in [1.807, 2.05) is 84.9 Å². The highest BCUT2D eigenvalue weighted by molar-refractivity contribution is 7.89. The van der Waals surface area contributed by atoms with E-state index in [0.717, 1.165) is 46.6 Å². The molecule has 0 aromatic heterocycles. The molecule has 284 valence electrons. The minimum atomic E-state index is -3.66. The van der Waals surface area contributed by atoms with Gasteiger partial charge in [-0.1, -0.05) is 115 Å². The number of ether oxygens (including phenoxy) is 2. The number of piperidine rings is 1. The van der Waals surface area contributed by atoms with Gasteiger partial charge in [0.15, 0.2) is 6.29 Å². The average molecular weight is 759 g/mol. The predicted octanol–water partition coefficient (Wildman–Crippen LogP) is 6.03. The summed E-state index contributed by atoms with van der Waals surface area (Å²) in [5.74, 6) is -0.0705. The molecule has 5 aromatic rings. The van der Waals surface area contributed by atoms with Gasteiger partial charge in [-0.2, -0.15) is 0 Å². The number of nitrogens with one attached hydrogen (secondary N) is 2. The van der Waals surface area contributed by atoms with Gasteiger partial charge >= 0.3 is 0 Å². The van der Waals surface area contributed by atoms with Crippen molar-refractivity contribution in [3.8, 4) is 0 Å².